The summed E-state index contributed by atoms with van der Waals surface area (Å²) in [5.41, 5.74) is 21.0. The summed E-state index contributed by atoms with van der Waals surface area (Å²) >= 11 is 3.66. The maximum atomic E-state index is 5.26. The number of anilines is 2. The zero-order chi connectivity index (χ0) is 45.0. The number of nitrogens with zero attached hydrogens (tertiary/aromatic N) is 2. The first kappa shape index (κ1) is 39.9. The Morgan fingerprint density at radius 3 is 2.08 bits per heavy atom. The van der Waals surface area contributed by atoms with Crippen LogP contribution in [0.15, 0.2) is 146 Å². The second-order valence-corrected chi connectivity index (χ2v) is 23.3. The van der Waals surface area contributed by atoms with Gasteiger partial charge in [-0.25, -0.2) is 4.98 Å². The summed E-state index contributed by atoms with van der Waals surface area (Å²) in [7, 11) is 2.45. The summed E-state index contributed by atoms with van der Waals surface area (Å²) in [5, 5.41) is 10.2. The molecule has 0 unspecified atom stereocenters. The number of aromatic nitrogens is 2. The Kier molecular flexibility index (Phi) is 8.33. The fourth-order valence-corrected chi connectivity index (χ4v) is 13.0. The Balaban J connectivity index is 1.09. The molecule has 0 saturated carbocycles. The number of hydrogen-bond donors (Lipinski definition) is 1. The molecule has 3 aromatic heterocycles. The van der Waals surface area contributed by atoms with E-state index in [-0.39, 0.29) is 16.2 Å². The Hall–Kier alpha value is -6.47. The van der Waals surface area contributed by atoms with E-state index < -0.39 is 0 Å². The van der Waals surface area contributed by atoms with Crippen molar-refractivity contribution in [1.82, 2.24) is 9.55 Å². The van der Waals surface area contributed by atoms with Crippen LogP contribution in [-0.4, -0.2) is 16.8 Å². The van der Waals surface area contributed by atoms with Crippen molar-refractivity contribution in [2.75, 3.05) is 5.32 Å². The quantitative estimate of drug-likeness (QED) is 0.178. The molecule has 6 heteroatoms. The van der Waals surface area contributed by atoms with E-state index in [1.54, 1.807) is 11.3 Å². The molecule has 8 aromatic carbocycles. The summed E-state index contributed by atoms with van der Waals surface area (Å²) in [4.78, 5) is 5.26. The molecule has 4 heterocycles. The molecule has 0 spiro atoms. The van der Waals surface area contributed by atoms with Crippen molar-refractivity contribution in [1.29, 1.82) is 0 Å². The average Bonchev–Trinajstić information content (AvgIpc) is 4.03. The van der Waals surface area contributed by atoms with Gasteiger partial charge < -0.3 is 9.88 Å². The van der Waals surface area contributed by atoms with Gasteiger partial charge in [0.05, 0.1) is 15.7 Å². The Bertz CT molecular complexity index is 3850. The predicted molar refractivity (Wildman–Crippen MR) is 287 cm³/mol. The molecular weight excluding hydrogens is 838 g/mol. The van der Waals surface area contributed by atoms with Gasteiger partial charge in [0.1, 0.15) is 5.01 Å². The average molecular weight is 887 g/mol. The lowest BCUT2D eigenvalue weighted by Crippen LogP contribution is -2.37. The summed E-state index contributed by atoms with van der Waals surface area (Å²) in [6, 6.07) is 55.1. The van der Waals surface area contributed by atoms with Crippen LogP contribution in [0.25, 0.3) is 90.7 Å². The van der Waals surface area contributed by atoms with Crippen molar-refractivity contribution in [2.24, 2.45) is 0 Å². The third kappa shape index (κ3) is 5.90. The van der Waals surface area contributed by atoms with Gasteiger partial charge in [-0.1, -0.05) is 146 Å². The number of rotatable bonds is 4. The normalized spacial score (nSPS) is 14.0. The van der Waals surface area contributed by atoms with Gasteiger partial charge in [-0.2, -0.15) is 0 Å². The van der Waals surface area contributed by atoms with Crippen molar-refractivity contribution >= 4 is 104 Å². The molecule has 1 aliphatic heterocycles. The van der Waals surface area contributed by atoms with Crippen molar-refractivity contribution in [2.45, 2.75) is 71.6 Å². The second kappa shape index (κ2) is 13.8. The molecule has 0 amide bonds. The number of nitrogens with one attached hydrogen (secondary N) is 1. The molecule has 0 atom stereocenters. The Morgan fingerprint density at radius 1 is 0.561 bits per heavy atom. The second-order valence-electron chi connectivity index (χ2n) is 21.2. The lowest BCUT2D eigenvalue weighted by molar-refractivity contribution is 0.590. The number of thiophene rings is 1. The maximum Gasteiger partial charge on any atom is 0.198 e. The highest BCUT2D eigenvalue weighted by atomic mass is 32.1. The standard InChI is InChI=1S/C60H49BN3S2/c1-58(2,3)34-18-21-36(22-19-34)62-48-31-53-44(43-26-35(59(4,5)6)20-25-52(43)65-53)28-41(48)38-23-24-39-42-27-40-37-16-12-13-17-45(37)60(7,8)46(40)29-50(42)64-51-32-54-49(30-47(51)61-55(38)56(39)64)63-57(66-54)33-14-10-9-11-15-33/h9-32,62H,1-8H3. The van der Waals surface area contributed by atoms with E-state index in [1.165, 1.54) is 108 Å². The van der Waals surface area contributed by atoms with Crippen molar-refractivity contribution in [3.05, 3.63) is 168 Å². The lowest BCUT2D eigenvalue weighted by Gasteiger charge is -2.25. The monoisotopic (exact) mass is 886 g/mol. The minimum atomic E-state index is -0.127. The number of thiazole rings is 1. The molecule has 0 saturated heterocycles. The molecule has 1 N–H and O–H groups in total. The number of benzene rings is 8. The van der Waals surface area contributed by atoms with Crippen LogP contribution in [0.3, 0.4) is 0 Å². The zero-order valence-electron chi connectivity index (χ0n) is 38.6. The molecule has 1 radical (unpaired) electrons. The lowest BCUT2D eigenvalue weighted by atomic mass is 9.59. The van der Waals surface area contributed by atoms with E-state index in [2.05, 4.69) is 218 Å². The number of hydrogen-bond acceptors (Lipinski definition) is 4. The van der Waals surface area contributed by atoms with E-state index in [0.717, 1.165) is 27.5 Å². The van der Waals surface area contributed by atoms with Crippen LogP contribution in [0.1, 0.15) is 77.6 Å². The molecule has 1 aliphatic carbocycles. The fraction of sp³-hybridized carbons (Fsp3) is 0.183. The zero-order valence-corrected chi connectivity index (χ0v) is 40.3. The smallest absolute Gasteiger partial charge is 0.198 e. The summed E-state index contributed by atoms with van der Waals surface area (Å²) in [6.07, 6.45) is 0. The van der Waals surface area contributed by atoms with Crippen LogP contribution in [0.4, 0.5) is 11.4 Å². The van der Waals surface area contributed by atoms with E-state index in [1.807, 2.05) is 11.3 Å². The van der Waals surface area contributed by atoms with Gasteiger partial charge in [-0.15, -0.1) is 22.7 Å². The molecule has 0 bridgehead atoms. The maximum absolute atomic E-state index is 5.26. The highest BCUT2D eigenvalue weighted by Crippen LogP contribution is 2.52. The van der Waals surface area contributed by atoms with E-state index in [9.17, 15) is 0 Å². The van der Waals surface area contributed by atoms with Gasteiger partial charge in [-0.3, -0.25) is 0 Å². The van der Waals surface area contributed by atoms with Gasteiger partial charge in [0, 0.05) is 70.1 Å². The van der Waals surface area contributed by atoms with Gasteiger partial charge in [0.15, 0.2) is 7.28 Å². The highest BCUT2D eigenvalue weighted by Gasteiger charge is 2.37. The number of fused-ring (bicyclic) bond motifs is 12. The Labute approximate surface area is 395 Å². The van der Waals surface area contributed by atoms with Crippen LogP contribution in [0, 0.1) is 0 Å². The molecule has 13 rings (SSSR count). The molecular formula is C60H49BN3S2. The highest BCUT2D eigenvalue weighted by molar-refractivity contribution is 7.25. The van der Waals surface area contributed by atoms with Gasteiger partial charge in [0.2, 0.25) is 0 Å². The summed E-state index contributed by atoms with van der Waals surface area (Å²) in [5.74, 6) is 0. The fourth-order valence-electron chi connectivity index (χ4n) is 10.9. The third-order valence-corrected chi connectivity index (χ3v) is 16.8. The molecule has 11 aromatic rings. The van der Waals surface area contributed by atoms with Crippen molar-refractivity contribution in [3.8, 4) is 38.5 Å². The van der Waals surface area contributed by atoms with Gasteiger partial charge in [-0.05, 0) is 116 Å². The SMILES string of the molecule is CC(C)(C)c1ccc(Nc2cc3sc4ccc(C(C)(C)C)cc4c3cc2-c2ccc3c4cc5c(cc4n4c3c2[B]c2cc3nc(-c6ccccc6)sc3cc2-4)C(C)(C)c2ccccc2-5)cc1. The van der Waals surface area contributed by atoms with E-state index in [4.69, 9.17) is 4.98 Å². The minimum absolute atomic E-state index is 0.0407. The largest absolute Gasteiger partial charge is 0.355 e. The van der Waals surface area contributed by atoms with Crippen molar-refractivity contribution < 1.29 is 0 Å². The predicted octanol–water partition coefficient (Wildman–Crippen LogP) is 15.7. The van der Waals surface area contributed by atoms with Gasteiger partial charge in [0.25, 0.3) is 0 Å². The van der Waals surface area contributed by atoms with E-state index >= 15 is 0 Å². The van der Waals surface area contributed by atoms with Crippen LogP contribution in [0.2, 0.25) is 0 Å². The molecule has 3 nitrogen and oxygen atoms in total. The van der Waals surface area contributed by atoms with Crippen LogP contribution >= 0.6 is 22.7 Å². The minimum Gasteiger partial charge on any atom is -0.355 e. The third-order valence-electron chi connectivity index (χ3n) is 14.6. The van der Waals surface area contributed by atoms with Crippen molar-refractivity contribution in [3.63, 3.8) is 0 Å². The molecule has 0 fully saturated rings. The molecule has 66 heavy (non-hydrogen) atoms. The van der Waals surface area contributed by atoms with Crippen LogP contribution in [0.5, 0.6) is 0 Å². The molecule has 319 valence electrons. The van der Waals surface area contributed by atoms with Crippen LogP contribution in [-0.2, 0) is 16.2 Å². The first-order valence-corrected chi connectivity index (χ1v) is 24.8. The molecule has 2 aliphatic rings. The van der Waals surface area contributed by atoms with Gasteiger partial charge >= 0.3 is 0 Å². The first-order chi connectivity index (χ1) is 31.7. The summed E-state index contributed by atoms with van der Waals surface area (Å²) < 4.78 is 6.38. The first-order valence-electron chi connectivity index (χ1n) is 23.2. The van der Waals surface area contributed by atoms with Crippen LogP contribution < -0.4 is 16.2 Å². The van der Waals surface area contributed by atoms with E-state index in [0.29, 0.717) is 0 Å². The topological polar surface area (TPSA) is 29.9 Å². The summed E-state index contributed by atoms with van der Waals surface area (Å²) in [6.45, 7) is 18.5. The Morgan fingerprint density at radius 2 is 1.29 bits per heavy atom.